The Labute approximate surface area is 192 Å². The van der Waals surface area contributed by atoms with Crippen LogP contribution >= 0.6 is 0 Å². The summed E-state index contributed by atoms with van der Waals surface area (Å²) in [6.07, 6.45) is 4.07. The molecule has 6 amide bonds. The van der Waals surface area contributed by atoms with E-state index in [1.54, 1.807) is 48.5 Å². The van der Waals surface area contributed by atoms with Crippen molar-refractivity contribution < 1.29 is 19.2 Å². The van der Waals surface area contributed by atoms with Crippen LogP contribution in [0.25, 0.3) is 0 Å². The zero-order valence-electron chi connectivity index (χ0n) is 18.5. The van der Waals surface area contributed by atoms with E-state index < -0.39 is 36.0 Å². The zero-order chi connectivity index (χ0) is 23.4. The molecule has 8 heteroatoms. The van der Waals surface area contributed by atoms with Crippen molar-refractivity contribution in [1.29, 1.82) is 0 Å². The van der Waals surface area contributed by atoms with Crippen LogP contribution in [-0.4, -0.2) is 41.4 Å². The number of benzene rings is 2. The Kier molecular flexibility index (Phi) is 6.44. The third kappa shape index (κ3) is 4.46. The van der Waals surface area contributed by atoms with E-state index in [1.807, 2.05) is 12.1 Å². The van der Waals surface area contributed by atoms with Crippen molar-refractivity contribution in [2.24, 2.45) is 5.92 Å². The Morgan fingerprint density at radius 3 is 2.12 bits per heavy atom. The van der Waals surface area contributed by atoms with Gasteiger partial charge in [0, 0.05) is 6.04 Å². The molecule has 33 heavy (non-hydrogen) atoms. The third-order valence-corrected chi connectivity index (χ3v) is 6.50. The number of imide groups is 2. The second-order valence-electron chi connectivity index (χ2n) is 8.69. The monoisotopic (exact) mass is 448 g/mol. The van der Waals surface area contributed by atoms with Crippen LogP contribution in [0, 0.1) is 5.92 Å². The molecular formula is C25H28N4O4. The summed E-state index contributed by atoms with van der Waals surface area (Å²) in [6.45, 7) is 1.52. The van der Waals surface area contributed by atoms with Crippen molar-refractivity contribution in [1.82, 2.24) is 20.9 Å². The topological polar surface area (TPSA) is 108 Å². The predicted octanol–water partition coefficient (Wildman–Crippen LogP) is 2.89. The van der Waals surface area contributed by atoms with E-state index >= 15 is 0 Å². The lowest BCUT2D eigenvalue weighted by atomic mass is 9.82. The van der Waals surface area contributed by atoms with Gasteiger partial charge in [-0.1, -0.05) is 80.4 Å². The third-order valence-electron chi connectivity index (χ3n) is 6.50. The normalized spacial score (nSPS) is 21.9. The van der Waals surface area contributed by atoms with Crippen LogP contribution in [0.1, 0.15) is 43.7 Å². The summed E-state index contributed by atoms with van der Waals surface area (Å²) in [7, 11) is 0. The van der Waals surface area contributed by atoms with Gasteiger partial charge in [0.1, 0.15) is 6.54 Å². The Morgan fingerprint density at radius 1 is 0.970 bits per heavy atom. The van der Waals surface area contributed by atoms with Crippen molar-refractivity contribution in [2.75, 3.05) is 6.54 Å². The molecule has 1 heterocycles. The molecule has 2 aliphatic rings. The van der Waals surface area contributed by atoms with E-state index in [2.05, 4.69) is 22.9 Å². The van der Waals surface area contributed by atoms with Gasteiger partial charge in [0.2, 0.25) is 5.91 Å². The number of hydrogen-bond acceptors (Lipinski definition) is 4. The fraction of sp³-hybridized carbons (Fsp3) is 0.360. The number of amides is 6. The number of nitrogens with zero attached hydrogens (tertiary/aromatic N) is 1. The fourth-order valence-electron chi connectivity index (χ4n) is 4.70. The Hall–Kier alpha value is -3.68. The fourth-order valence-corrected chi connectivity index (χ4v) is 4.70. The average molecular weight is 449 g/mol. The highest BCUT2D eigenvalue weighted by Gasteiger charge is 2.54. The Balaban J connectivity index is 1.50. The van der Waals surface area contributed by atoms with Gasteiger partial charge in [0.15, 0.2) is 5.54 Å². The van der Waals surface area contributed by atoms with Crippen molar-refractivity contribution in [3.8, 4) is 0 Å². The Morgan fingerprint density at radius 2 is 1.55 bits per heavy atom. The van der Waals surface area contributed by atoms with E-state index in [9.17, 15) is 19.2 Å². The van der Waals surface area contributed by atoms with Gasteiger partial charge in [-0.2, -0.15) is 0 Å². The molecule has 2 fully saturated rings. The van der Waals surface area contributed by atoms with Gasteiger partial charge in [0.25, 0.3) is 5.91 Å². The zero-order valence-corrected chi connectivity index (χ0v) is 18.5. The van der Waals surface area contributed by atoms with Crippen molar-refractivity contribution in [3.63, 3.8) is 0 Å². The quantitative estimate of drug-likeness (QED) is 0.611. The molecule has 3 N–H and O–H groups in total. The smallest absolute Gasteiger partial charge is 0.326 e. The summed E-state index contributed by atoms with van der Waals surface area (Å²) in [5.74, 6) is -0.958. The molecule has 2 atom stereocenters. The lowest BCUT2D eigenvalue weighted by Gasteiger charge is -2.29. The van der Waals surface area contributed by atoms with Crippen LogP contribution in [0.3, 0.4) is 0 Å². The molecule has 2 aromatic rings. The molecule has 2 unspecified atom stereocenters. The molecule has 1 saturated heterocycles. The van der Waals surface area contributed by atoms with E-state index in [0.29, 0.717) is 17.0 Å². The maximum Gasteiger partial charge on any atom is 0.326 e. The minimum atomic E-state index is -1.44. The molecule has 2 aromatic carbocycles. The van der Waals surface area contributed by atoms with Gasteiger partial charge >= 0.3 is 12.1 Å². The summed E-state index contributed by atoms with van der Waals surface area (Å²) in [4.78, 5) is 52.2. The molecule has 1 aliphatic carbocycles. The van der Waals surface area contributed by atoms with Gasteiger partial charge < -0.3 is 10.6 Å². The minimum Gasteiger partial charge on any atom is -0.335 e. The lowest BCUT2D eigenvalue weighted by Crippen LogP contribution is -2.51. The maximum absolute atomic E-state index is 13.6. The molecule has 1 aliphatic heterocycles. The first kappa shape index (κ1) is 22.5. The van der Waals surface area contributed by atoms with E-state index in [1.165, 1.54) is 0 Å². The standard InChI is InChI=1S/C25H28N4O4/c1-17-10-8-9-15-20(17)26-23(32)27-21(30)16-29-22(31)25(28-24(29)33,18-11-4-2-5-12-18)19-13-6-3-7-14-19/h2-7,11-14,17,20H,8-10,15-16H2,1H3,(H,28,33)(H2,26,27,30,32). The molecule has 1 saturated carbocycles. The lowest BCUT2D eigenvalue weighted by molar-refractivity contribution is -0.134. The summed E-state index contributed by atoms with van der Waals surface area (Å²) >= 11 is 0. The first-order chi connectivity index (χ1) is 15.9. The van der Waals surface area contributed by atoms with Crippen LogP contribution in [0.2, 0.25) is 0 Å². The number of carbonyl (C=O) groups is 4. The van der Waals surface area contributed by atoms with Crippen LogP contribution in [0.15, 0.2) is 60.7 Å². The summed E-state index contributed by atoms with van der Waals surface area (Å²) in [6, 6.07) is 16.5. The number of urea groups is 2. The average Bonchev–Trinajstić information content (AvgIpc) is 3.07. The van der Waals surface area contributed by atoms with Gasteiger partial charge in [-0.15, -0.1) is 0 Å². The molecule has 4 rings (SSSR count). The first-order valence-corrected chi connectivity index (χ1v) is 11.3. The van der Waals surface area contributed by atoms with Crippen LogP contribution < -0.4 is 16.0 Å². The highest BCUT2D eigenvalue weighted by atomic mass is 16.2. The van der Waals surface area contributed by atoms with Gasteiger partial charge in [-0.3, -0.25) is 19.8 Å². The molecule has 0 aromatic heterocycles. The highest BCUT2D eigenvalue weighted by molar-refractivity contribution is 6.12. The van der Waals surface area contributed by atoms with E-state index in [4.69, 9.17) is 0 Å². The van der Waals surface area contributed by atoms with Crippen molar-refractivity contribution in [3.05, 3.63) is 71.8 Å². The van der Waals surface area contributed by atoms with Gasteiger partial charge in [-0.05, 0) is 29.9 Å². The number of nitrogens with one attached hydrogen (secondary N) is 3. The SMILES string of the molecule is CC1CCCCC1NC(=O)NC(=O)CN1C(=O)NC(c2ccccc2)(c2ccccc2)C1=O. The second kappa shape index (κ2) is 9.44. The minimum absolute atomic E-state index is 0.00655. The van der Waals surface area contributed by atoms with Crippen molar-refractivity contribution in [2.45, 2.75) is 44.2 Å². The largest absolute Gasteiger partial charge is 0.335 e. The maximum atomic E-state index is 13.6. The van der Waals surface area contributed by atoms with E-state index in [0.717, 1.165) is 30.6 Å². The summed E-state index contributed by atoms with van der Waals surface area (Å²) in [5.41, 5.74) is -0.275. The van der Waals surface area contributed by atoms with Crippen LogP contribution in [0.4, 0.5) is 9.59 Å². The summed E-state index contributed by atoms with van der Waals surface area (Å²) < 4.78 is 0. The first-order valence-electron chi connectivity index (χ1n) is 11.3. The molecule has 0 bridgehead atoms. The number of hydrogen-bond donors (Lipinski definition) is 3. The Bertz CT molecular complexity index is 1000. The number of carbonyl (C=O) groups excluding carboxylic acids is 4. The van der Waals surface area contributed by atoms with Crippen LogP contribution in [0.5, 0.6) is 0 Å². The van der Waals surface area contributed by atoms with Gasteiger partial charge in [0.05, 0.1) is 0 Å². The molecular weight excluding hydrogens is 420 g/mol. The summed E-state index contributed by atoms with van der Waals surface area (Å²) in [5, 5.41) is 7.89. The van der Waals surface area contributed by atoms with Crippen LogP contribution in [-0.2, 0) is 15.1 Å². The second-order valence-corrected chi connectivity index (χ2v) is 8.69. The molecule has 8 nitrogen and oxygen atoms in total. The van der Waals surface area contributed by atoms with Gasteiger partial charge in [-0.25, -0.2) is 9.59 Å². The van der Waals surface area contributed by atoms with Crippen molar-refractivity contribution >= 4 is 23.9 Å². The molecule has 0 spiro atoms. The van der Waals surface area contributed by atoms with E-state index in [-0.39, 0.29) is 6.04 Å². The molecule has 0 radical (unpaired) electrons. The predicted molar refractivity (Wildman–Crippen MR) is 122 cm³/mol. The highest BCUT2D eigenvalue weighted by Crippen LogP contribution is 2.35. The number of rotatable bonds is 5. The molecule has 172 valence electrons.